The van der Waals surface area contributed by atoms with Crippen LogP contribution < -0.4 is 5.56 Å². The molecule has 0 amide bonds. The fourth-order valence-corrected chi connectivity index (χ4v) is 2.91. The van der Waals surface area contributed by atoms with Crippen LogP contribution in [0.4, 0.5) is 13.2 Å². The average Bonchev–Trinajstić information content (AvgIpc) is 2.65. The fourth-order valence-electron chi connectivity index (χ4n) is 2.91. The number of H-pyrrole nitrogens is 1. The van der Waals surface area contributed by atoms with Crippen molar-refractivity contribution in [3.05, 3.63) is 33.2 Å². The van der Waals surface area contributed by atoms with Crippen LogP contribution in [0.1, 0.15) is 61.6 Å². The molecule has 4 nitrogen and oxygen atoms in total. The molecule has 0 unspecified atom stereocenters. The van der Waals surface area contributed by atoms with Crippen LogP contribution in [0.5, 0.6) is 0 Å². The predicted octanol–water partition coefficient (Wildman–Crippen LogP) is 3.78. The number of esters is 1. The van der Waals surface area contributed by atoms with Crippen LogP contribution in [0, 0.1) is 5.41 Å². The fraction of sp³-hybridized carbons (Fsp3) is 0.647. The summed E-state index contributed by atoms with van der Waals surface area (Å²) in [6, 6.07) is 1.39. The quantitative estimate of drug-likeness (QED) is 0.655. The predicted molar refractivity (Wildman–Crippen MR) is 83.0 cm³/mol. The number of aromatic amines is 1. The minimum absolute atomic E-state index is 0.367. The Bertz CT molecular complexity index is 657. The maximum Gasteiger partial charge on any atom is 0.426 e. The number of aromatic nitrogens is 1. The third kappa shape index (κ3) is 4.19. The number of hydrogen-bond donors (Lipinski definition) is 1. The van der Waals surface area contributed by atoms with Crippen molar-refractivity contribution in [1.82, 2.24) is 4.98 Å². The SMILES string of the molecule is CC(C)(C)[C@H](OC(=O)c1cc2c([nH]c1=O)CCCCC2)C(F)(F)F. The maximum atomic E-state index is 13.2. The Morgan fingerprint density at radius 3 is 2.38 bits per heavy atom. The molecule has 0 bridgehead atoms. The summed E-state index contributed by atoms with van der Waals surface area (Å²) in [7, 11) is 0. The van der Waals surface area contributed by atoms with E-state index in [1.54, 1.807) is 0 Å². The van der Waals surface area contributed by atoms with Crippen molar-refractivity contribution < 1.29 is 22.7 Å². The van der Waals surface area contributed by atoms with Crippen LogP contribution in [0.3, 0.4) is 0 Å². The van der Waals surface area contributed by atoms with Crippen molar-refractivity contribution in [3.8, 4) is 0 Å². The van der Waals surface area contributed by atoms with Crippen LogP contribution in [0.2, 0.25) is 0 Å². The van der Waals surface area contributed by atoms with E-state index in [0.717, 1.165) is 30.5 Å². The highest BCUT2D eigenvalue weighted by Crippen LogP contribution is 2.36. The number of pyridine rings is 1. The highest BCUT2D eigenvalue weighted by molar-refractivity contribution is 5.89. The molecule has 2 rings (SSSR count). The molecular weight excluding hydrogens is 323 g/mol. The van der Waals surface area contributed by atoms with Gasteiger partial charge < -0.3 is 9.72 Å². The van der Waals surface area contributed by atoms with Crippen molar-refractivity contribution in [2.24, 2.45) is 5.41 Å². The van der Waals surface area contributed by atoms with E-state index in [1.807, 2.05) is 0 Å². The van der Waals surface area contributed by atoms with Gasteiger partial charge in [-0.1, -0.05) is 27.2 Å². The first-order valence-corrected chi connectivity index (χ1v) is 8.03. The third-order valence-corrected chi connectivity index (χ3v) is 4.12. The zero-order chi connectivity index (χ0) is 18.1. The van der Waals surface area contributed by atoms with Crippen LogP contribution >= 0.6 is 0 Å². The van der Waals surface area contributed by atoms with Gasteiger partial charge in [0.15, 0.2) is 0 Å². The lowest BCUT2D eigenvalue weighted by Crippen LogP contribution is -2.44. The Kier molecular flexibility index (Phi) is 5.11. The molecule has 1 aromatic heterocycles. The Morgan fingerprint density at radius 2 is 1.79 bits per heavy atom. The summed E-state index contributed by atoms with van der Waals surface area (Å²) in [5, 5.41) is 0. The third-order valence-electron chi connectivity index (χ3n) is 4.12. The van der Waals surface area contributed by atoms with Crippen LogP contribution in [0.25, 0.3) is 0 Å². The number of ether oxygens (including phenoxy) is 1. The lowest BCUT2D eigenvalue weighted by Gasteiger charge is -2.31. The second kappa shape index (κ2) is 6.61. The summed E-state index contributed by atoms with van der Waals surface area (Å²) in [6.45, 7) is 4.00. The molecule has 0 aromatic carbocycles. The monoisotopic (exact) mass is 345 g/mol. The number of carbonyl (C=O) groups is 1. The number of hydrogen-bond acceptors (Lipinski definition) is 3. The summed E-state index contributed by atoms with van der Waals surface area (Å²) in [5.41, 5.74) is -0.827. The van der Waals surface area contributed by atoms with Crippen molar-refractivity contribution >= 4 is 5.97 Å². The second-order valence-corrected chi connectivity index (χ2v) is 7.27. The van der Waals surface area contributed by atoms with E-state index >= 15 is 0 Å². The molecular formula is C17H22F3NO3. The Morgan fingerprint density at radius 1 is 1.17 bits per heavy atom. The van der Waals surface area contributed by atoms with Gasteiger partial charge in [-0.05, 0) is 37.3 Å². The van der Waals surface area contributed by atoms with Gasteiger partial charge in [-0.2, -0.15) is 13.2 Å². The van der Waals surface area contributed by atoms with Gasteiger partial charge in [0, 0.05) is 11.1 Å². The van der Waals surface area contributed by atoms with Gasteiger partial charge in [0.2, 0.25) is 6.10 Å². The van der Waals surface area contributed by atoms with Crippen molar-refractivity contribution in [2.75, 3.05) is 0 Å². The topological polar surface area (TPSA) is 59.2 Å². The van der Waals surface area contributed by atoms with Gasteiger partial charge >= 0.3 is 12.1 Å². The minimum atomic E-state index is -4.70. The standard InChI is InChI=1S/C17H22F3NO3/c1-16(2,3)15(17(18,19)20)24-14(23)11-9-10-7-5-4-6-8-12(10)21-13(11)22/h9,15H,4-8H2,1-3H3,(H,21,22)/t15-/m0/s1. The van der Waals surface area contributed by atoms with Crippen LogP contribution in [-0.4, -0.2) is 23.2 Å². The van der Waals surface area contributed by atoms with E-state index in [0.29, 0.717) is 12.8 Å². The van der Waals surface area contributed by atoms with Gasteiger partial charge in [0.1, 0.15) is 5.56 Å². The molecule has 7 heteroatoms. The minimum Gasteiger partial charge on any atom is -0.448 e. The molecule has 1 aliphatic carbocycles. The van der Waals surface area contributed by atoms with Crippen LogP contribution in [0.15, 0.2) is 10.9 Å². The summed E-state index contributed by atoms with van der Waals surface area (Å²) < 4.78 is 44.2. The molecule has 0 radical (unpaired) electrons. The number of alkyl halides is 3. The Balaban J connectivity index is 2.32. The van der Waals surface area contributed by atoms with E-state index in [1.165, 1.54) is 26.8 Å². The summed E-state index contributed by atoms with van der Waals surface area (Å²) in [6.07, 6.45) is -2.73. The average molecular weight is 345 g/mol. The number of halogens is 3. The van der Waals surface area contributed by atoms with E-state index in [-0.39, 0.29) is 5.56 Å². The highest BCUT2D eigenvalue weighted by Gasteiger charge is 2.50. The molecule has 1 atom stereocenters. The lowest BCUT2D eigenvalue weighted by atomic mass is 9.88. The molecule has 134 valence electrons. The molecule has 0 saturated heterocycles. The summed E-state index contributed by atoms with van der Waals surface area (Å²) in [5.74, 6) is -1.24. The van der Waals surface area contributed by atoms with Gasteiger partial charge in [0.05, 0.1) is 0 Å². The van der Waals surface area contributed by atoms with Gasteiger partial charge in [-0.15, -0.1) is 0 Å². The molecule has 0 aliphatic heterocycles. The Labute approximate surface area is 138 Å². The molecule has 0 fully saturated rings. The van der Waals surface area contributed by atoms with E-state index in [9.17, 15) is 22.8 Å². The number of fused-ring (bicyclic) bond motifs is 1. The zero-order valence-electron chi connectivity index (χ0n) is 14.0. The molecule has 1 N–H and O–H groups in total. The zero-order valence-corrected chi connectivity index (χ0v) is 14.0. The largest absolute Gasteiger partial charge is 0.448 e. The molecule has 1 heterocycles. The first kappa shape index (κ1) is 18.5. The smallest absolute Gasteiger partial charge is 0.426 e. The first-order chi connectivity index (χ1) is 11.0. The normalized spacial score (nSPS) is 16.9. The molecule has 1 aliphatic rings. The first-order valence-electron chi connectivity index (χ1n) is 8.03. The Hall–Kier alpha value is -1.79. The second-order valence-electron chi connectivity index (χ2n) is 7.27. The number of aryl methyl sites for hydroxylation is 2. The van der Waals surface area contributed by atoms with Gasteiger partial charge in [-0.3, -0.25) is 4.79 Å². The molecule has 0 spiro atoms. The van der Waals surface area contributed by atoms with E-state index in [2.05, 4.69) is 9.72 Å². The number of rotatable bonds is 2. The van der Waals surface area contributed by atoms with E-state index in [4.69, 9.17) is 0 Å². The summed E-state index contributed by atoms with van der Waals surface area (Å²) in [4.78, 5) is 26.9. The van der Waals surface area contributed by atoms with Gasteiger partial charge in [0.25, 0.3) is 5.56 Å². The summed E-state index contributed by atoms with van der Waals surface area (Å²) >= 11 is 0. The number of nitrogens with one attached hydrogen (secondary N) is 1. The van der Waals surface area contributed by atoms with Crippen molar-refractivity contribution in [1.29, 1.82) is 0 Å². The maximum absolute atomic E-state index is 13.2. The number of carbonyl (C=O) groups excluding carboxylic acids is 1. The van der Waals surface area contributed by atoms with Gasteiger partial charge in [-0.25, -0.2) is 4.79 Å². The molecule has 24 heavy (non-hydrogen) atoms. The highest BCUT2D eigenvalue weighted by atomic mass is 19.4. The van der Waals surface area contributed by atoms with Crippen molar-refractivity contribution in [2.45, 2.75) is 65.2 Å². The van der Waals surface area contributed by atoms with Crippen molar-refractivity contribution in [3.63, 3.8) is 0 Å². The van der Waals surface area contributed by atoms with Crippen LogP contribution in [-0.2, 0) is 17.6 Å². The van der Waals surface area contributed by atoms with E-state index < -0.39 is 29.2 Å². The molecule has 1 aromatic rings. The molecule has 0 saturated carbocycles. The lowest BCUT2D eigenvalue weighted by molar-refractivity contribution is -0.231.